The van der Waals surface area contributed by atoms with E-state index in [1.807, 2.05) is 16.0 Å². The molecule has 6 heteroatoms. The SMILES string of the molecule is C[NH+](C)CCCn1c([S-])nnc1-c1cccs1. The first-order valence-corrected chi connectivity index (χ1v) is 6.90. The average Bonchev–Trinajstić information content (AvgIpc) is 2.88. The number of aromatic nitrogens is 3. The smallest absolute Gasteiger partial charge is 0.172 e. The Hall–Kier alpha value is -0.980. The van der Waals surface area contributed by atoms with Crippen molar-refractivity contribution in [2.24, 2.45) is 0 Å². The van der Waals surface area contributed by atoms with Crippen LogP contribution in [0.4, 0.5) is 0 Å². The van der Waals surface area contributed by atoms with Crippen LogP contribution in [0.1, 0.15) is 6.42 Å². The standard InChI is InChI=1S/C11H16N4S2/c1-14(2)6-4-7-15-10(12-13-11(15)16)9-5-3-8-17-9/h3,5,8H,4,6-7H2,1-2H3,(H,13,16). The molecule has 2 aromatic heterocycles. The number of hydrogen-bond donors (Lipinski definition) is 1. The van der Waals surface area contributed by atoms with Crippen molar-refractivity contribution in [1.82, 2.24) is 14.8 Å². The molecule has 0 bridgehead atoms. The second kappa shape index (κ2) is 5.57. The zero-order valence-electron chi connectivity index (χ0n) is 10.0. The van der Waals surface area contributed by atoms with Gasteiger partial charge >= 0.3 is 0 Å². The van der Waals surface area contributed by atoms with E-state index in [4.69, 9.17) is 12.6 Å². The molecule has 0 aliphatic carbocycles. The Kier molecular flexibility index (Phi) is 4.09. The Morgan fingerprint density at radius 2 is 2.24 bits per heavy atom. The Morgan fingerprint density at radius 1 is 1.41 bits per heavy atom. The number of rotatable bonds is 5. The van der Waals surface area contributed by atoms with E-state index in [1.165, 1.54) is 4.90 Å². The van der Waals surface area contributed by atoms with Crippen LogP contribution in [0.2, 0.25) is 0 Å². The Balaban J connectivity index is 2.13. The number of nitrogens with one attached hydrogen (secondary N) is 1. The number of nitrogens with zero attached hydrogens (tertiary/aromatic N) is 3. The highest BCUT2D eigenvalue weighted by Gasteiger charge is 2.09. The molecule has 0 unspecified atom stereocenters. The lowest BCUT2D eigenvalue weighted by Gasteiger charge is -2.13. The molecule has 0 aromatic carbocycles. The van der Waals surface area contributed by atoms with Gasteiger partial charge in [-0.15, -0.1) is 16.4 Å². The molecule has 2 heterocycles. The van der Waals surface area contributed by atoms with Gasteiger partial charge in [-0.05, 0) is 11.4 Å². The Bertz CT molecular complexity index is 462. The van der Waals surface area contributed by atoms with Gasteiger partial charge in [-0.1, -0.05) is 6.07 Å². The van der Waals surface area contributed by atoms with E-state index in [0.717, 1.165) is 30.2 Å². The van der Waals surface area contributed by atoms with Crippen molar-refractivity contribution in [3.63, 3.8) is 0 Å². The fraction of sp³-hybridized carbons (Fsp3) is 0.455. The lowest BCUT2D eigenvalue weighted by molar-refractivity contribution is -0.858. The molecule has 1 N–H and O–H groups in total. The van der Waals surface area contributed by atoms with Crippen molar-refractivity contribution in [1.29, 1.82) is 0 Å². The van der Waals surface area contributed by atoms with E-state index in [0.29, 0.717) is 5.16 Å². The van der Waals surface area contributed by atoms with E-state index in [1.54, 1.807) is 11.3 Å². The Morgan fingerprint density at radius 3 is 2.88 bits per heavy atom. The molecule has 0 aliphatic heterocycles. The molecule has 17 heavy (non-hydrogen) atoms. The third-order valence-corrected chi connectivity index (χ3v) is 3.68. The summed E-state index contributed by atoms with van der Waals surface area (Å²) < 4.78 is 2.03. The third-order valence-electron chi connectivity index (χ3n) is 2.52. The summed E-state index contributed by atoms with van der Waals surface area (Å²) in [4.78, 5) is 2.58. The first kappa shape index (κ1) is 12.5. The van der Waals surface area contributed by atoms with Gasteiger partial charge in [0, 0.05) is 18.1 Å². The van der Waals surface area contributed by atoms with Gasteiger partial charge in [0.15, 0.2) is 5.82 Å². The molecular weight excluding hydrogens is 252 g/mol. The van der Waals surface area contributed by atoms with Crippen molar-refractivity contribution < 1.29 is 4.90 Å². The first-order valence-electron chi connectivity index (χ1n) is 5.61. The van der Waals surface area contributed by atoms with Crippen molar-refractivity contribution in [3.8, 4) is 10.7 Å². The largest absolute Gasteiger partial charge is 0.740 e. The fourth-order valence-corrected chi connectivity index (χ4v) is 2.60. The second-order valence-corrected chi connectivity index (χ2v) is 5.56. The normalized spacial score (nSPS) is 11.2. The molecule has 0 spiro atoms. The zero-order valence-corrected chi connectivity index (χ0v) is 11.6. The van der Waals surface area contributed by atoms with Gasteiger partial charge < -0.3 is 22.1 Å². The van der Waals surface area contributed by atoms with Crippen LogP contribution >= 0.6 is 11.3 Å². The van der Waals surface area contributed by atoms with Gasteiger partial charge in [-0.25, -0.2) is 0 Å². The van der Waals surface area contributed by atoms with Gasteiger partial charge in [0.1, 0.15) is 0 Å². The maximum absolute atomic E-state index is 5.21. The van der Waals surface area contributed by atoms with Crippen LogP contribution in [0.25, 0.3) is 10.7 Å². The van der Waals surface area contributed by atoms with Gasteiger partial charge in [0.25, 0.3) is 0 Å². The molecular formula is C11H16N4S2. The number of thiophene rings is 1. The summed E-state index contributed by atoms with van der Waals surface area (Å²) in [6.45, 7) is 2.01. The molecule has 2 rings (SSSR count). The van der Waals surface area contributed by atoms with E-state index in [-0.39, 0.29) is 0 Å². The lowest BCUT2D eigenvalue weighted by Crippen LogP contribution is -3.05. The molecule has 92 valence electrons. The van der Waals surface area contributed by atoms with E-state index < -0.39 is 0 Å². The van der Waals surface area contributed by atoms with Crippen LogP contribution in [0, 0.1) is 0 Å². The average molecular weight is 268 g/mol. The minimum atomic E-state index is 0.585. The summed E-state index contributed by atoms with van der Waals surface area (Å²) >= 11 is 6.88. The van der Waals surface area contributed by atoms with Gasteiger partial charge in [0.2, 0.25) is 0 Å². The summed E-state index contributed by atoms with van der Waals surface area (Å²) in [5, 5.41) is 10.8. The highest BCUT2D eigenvalue weighted by Crippen LogP contribution is 2.23. The maximum Gasteiger partial charge on any atom is 0.172 e. The van der Waals surface area contributed by atoms with Crippen LogP contribution in [0.3, 0.4) is 0 Å². The molecule has 0 aliphatic rings. The van der Waals surface area contributed by atoms with Crippen molar-refractivity contribution in [2.75, 3.05) is 20.6 Å². The van der Waals surface area contributed by atoms with Crippen molar-refractivity contribution in [2.45, 2.75) is 18.1 Å². The molecule has 0 saturated carbocycles. The summed E-state index contributed by atoms with van der Waals surface area (Å²) in [6.07, 6.45) is 1.09. The summed E-state index contributed by atoms with van der Waals surface area (Å²) in [6, 6.07) is 4.07. The highest BCUT2D eigenvalue weighted by atomic mass is 32.1. The predicted octanol–water partition coefficient (Wildman–Crippen LogP) is 0.447. The summed E-state index contributed by atoms with van der Waals surface area (Å²) in [5.74, 6) is 0.902. The molecule has 0 atom stereocenters. The minimum absolute atomic E-state index is 0.585. The minimum Gasteiger partial charge on any atom is -0.740 e. The van der Waals surface area contributed by atoms with Crippen LogP contribution in [0.15, 0.2) is 22.7 Å². The first-order chi connectivity index (χ1) is 8.18. The van der Waals surface area contributed by atoms with Crippen molar-refractivity contribution in [3.05, 3.63) is 17.5 Å². The molecule has 0 saturated heterocycles. The van der Waals surface area contributed by atoms with Gasteiger partial charge in [0.05, 0.1) is 25.5 Å². The Labute approximate surface area is 111 Å². The molecule has 0 fully saturated rings. The summed E-state index contributed by atoms with van der Waals surface area (Å²) in [7, 11) is 4.31. The third kappa shape index (κ3) is 3.02. The van der Waals surface area contributed by atoms with E-state index in [9.17, 15) is 0 Å². The lowest BCUT2D eigenvalue weighted by atomic mass is 10.4. The van der Waals surface area contributed by atoms with Crippen LogP contribution in [0.5, 0.6) is 0 Å². The molecule has 2 aromatic rings. The molecule has 4 nitrogen and oxygen atoms in total. The van der Waals surface area contributed by atoms with Crippen LogP contribution in [-0.4, -0.2) is 35.4 Å². The zero-order chi connectivity index (χ0) is 12.3. The van der Waals surface area contributed by atoms with Gasteiger partial charge in [-0.2, -0.15) is 5.10 Å². The fourth-order valence-electron chi connectivity index (χ4n) is 1.67. The highest BCUT2D eigenvalue weighted by molar-refractivity contribution is 7.58. The van der Waals surface area contributed by atoms with Crippen molar-refractivity contribution >= 4 is 24.0 Å². The number of hydrogen-bond acceptors (Lipinski definition) is 4. The summed E-state index contributed by atoms with van der Waals surface area (Å²) in [5.41, 5.74) is 0. The van der Waals surface area contributed by atoms with Crippen LogP contribution in [-0.2, 0) is 19.2 Å². The number of quaternary nitrogens is 1. The molecule has 0 amide bonds. The maximum atomic E-state index is 5.21. The van der Waals surface area contributed by atoms with Crippen LogP contribution < -0.4 is 4.90 Å². The van der Waals surface area contributed by atoms with E-state index in [2.05, 4.69) is 30.4 Å². The quantitative estimate of drug-likeness (QED) is 0.800. The molecule has 0 radical (unpaired) electrons. The van der Waals surface area contributed by atoms with E-state index >= 15 is 0 Å². The monoisotopic (exact) mass is 268 g/mol. The topological polar surface area (TPSA) is 35.2 Å². The second-order valence-electron chi connectivity index (χ2n) is 4.25. The predicted molar refractivity (Wildman–Crippen MR) is 71.3 cm³/mol. The van der Waals surface area contributed by atoms with Gasteiger partial charge in [-0.3, -0.25) is 0 Å².